The highest BCUT2D eigenvalue weighted by Crippen LogP contribution is 2.36. The summed E-state index contributed by atoms with van der Waals surface area (Å²) >= 11 is 0. The van der Waals surface area contributed by atoms with Crippen LogP contribution in [0.2, 0.25) is 0 Å². The van der Waals surface area contributed by atoms with E-state index in [1.54, 1.807) is 13.3 Å². The number of hydrogen-bond acceptors (Lipinski definition) is 6. The van der Waals surface area contributed by atoms with Gasteiger partial charge in [0.05, 0.1) is 24.6 Å². The predicted molar refractivity (Wildman–Crippen MR) is 113 cm³/mol. The molecule has 0 spiro atoms. The van der Waals surface area contributed by atoms with Gasteiger partial charge < -0.3 is 20.1 Å². The molecule has 5 rings (SSSR count). The Hall–Kier alpha value is -3.61. The molecular weight excluding hydrogens is 380 g/mol. The van der Waals surface area contributed by atoms with E-state index in [0.717, 1.165) is 46.6 Å². The van der Waals surface area contributed by atoms with Gasteiger partial charge in [0.25, 0.3) is 5.91 Å². The molecule has 1 aliphatic carbocycles. The van der Waals surface area contributed by atoms with Gasteiger partial charge in [0.15, 0.2) is 0 Å². The molecule has 7 heteroatoms. The molecule has 1 saturated carbocycles. The van der Waals surface area contributed by atoms with Crippen molar-refractivity contribution in [2.45, 2.75) is 32.4 Å². The Morgan fingerprint density at radius 1 is 1.10 bits per heavy atom. The monoisotopic (exact) mass is 402 g/mol. The molecule has 152 valence electrons. The van der Waals surface area contributed by atoms with Gasteiger partial charge in [-0.05, 0) is 54.7 Å². The summed E-state index contributed by atoms with van der Waals surface area (Å²) < 4.78 is 11.0. The SMILES string of the molecule is COc1ccc(-c2cnc(Nc3ccc(OC4CC4)nc3)cc2C)c2c1C(=O)NC2. The molecule has 1 fully saturated rings. The lowest BCUT2D eigenvalue weighted by Crippen LogP contribution is -2.13. The van der Waals surface area contributed by atoms with Gasteiger partial charge in [-0.3, -0.25) is 4.79 Å². The molecule has 1 aromatic carbocycles. The molecule has 1 aliphatic heterocycles. The van der Waals surface area contributed by atoms with Gasteiger partial charge >= 0.3 is 0 Å². The van der Waals surface area contributed by atoms with E-state index in [2.05, 4.69) is 20.6 Å². The van der Waals surface area contributed by atoms with Gasteiger partial charge in [-0.1, -0.05) is 6.07 Å². The van der Waals surface area contributed by atoms with E-state index in [1.165, 1.54) is 0 Å². The molecule has 30 heavy (non-hydrogen) atoms. The molecule has 0 radical (unpaired) electrons. The molecule has 2 aliphatic rings. The van der Waals surface area contributed by atoms with Crippen LogP contribution in [0.5, 0.6) is 11.6 Å². The summed E-state index contributed by atoms with van der Waals surface area (Å²) in [5.41, 5.74) is 5.43. The molecule has 0 atom stereocenters. The van der Waals surface area contributed by atoms with Crippen LogP contribution in [-0.4, -0.2) is 29.1 Å². The van der Waals surface area contributed by atoms with Crippen molar-refractivity contribution in [1.29, 1.82) is 0 Å². The summed E-state index contributed by atoms with van der Waals surface area (Å²) in [5, 5.41) is 6.17. The maximum absolute atomic E-state index is 12.2. The fourth-order valence-electron chi connectivity index (χ4n) is 3.67. The molecule has 0 unspecified atom stereocenters. The number of amides is 1. The Morgan fingerprint density at radius 2 is 1.97 bits per heavy atom. The number of aryl methyl sites for hydroxylation is 1. The number of carbonyl (C=O) groups excluding carboxylic acids is 1. The number of rotatable bonds is 6. The first-order valence-corrected chi connectivity index (χ1v) is 9.97. The maximum Gasteiger partial charge on any atom is 0.255 e. The van der Waals surface area contributed by atoms with Crippen molar-refractivity contribution in [2.75, 3.05) is 12.4 Å². The first-order chi connectivity index (χ1) is 14.6. The zero-order valence-electron chi connectivity index (χ0n) is 16.9. The first kappa shape index (κ1) is 18.4. The number of anilines is 2. The maximum atomic E-state index is 12.2. The molecule has 0 bridgehead atoms. The van der Waals surface area contributed by atoms with Gasteiger partial charge in [-0.15, -0.1) is 0 Å². The van der Waals surface area contributed by atoms with Crippen LogP contribution in [0.1, 0.15) is 34.3 Å². The number of nitrogens with zero attached hydrogens (tertiary/aromatic N) is 2. The van der Waals surface area contributed by atoms with Crippen molar-refractivity contribution in [2.24, 2.45) is 0 Å². The van der Waals surface area contributed by atoms with Crippen LogP contribution in [0.25, 0.3) is 11.1 Å². The zero-order valence-corrected chi connectivity index (χ0v) is 16.9. The lowest BCUT2D eigenvalue weighted by atomic mass is 9.94. The number of fused-ring (bicyclic) bond motifs is 1. The van der Waals surface area contributed by atoms with Gasteiger partial charge in [0.2, 0.25) is 5.88 Å². The third-order valence-electron chi connectivity index (χ3n) is 5.37. The normalized spacial score (nSPS) is 14.8. The lowest BCUT2D eigenvalue weighted by molar-refractivity contribution is 0.0963. The van der Waals surface area contributed by atoms with E-state index >= 15 is 0 Å². The number of hydrogen-bond donors (Lipinski definition) is 2. The quantitative estimate of drug-likeness (QED) is 0.649. The summed E-state index contributed by atoms with van der Waals surface area (Å²) in [6.45, 7) is 2.52. The number of aromatic nitrogens is 2. The highest BCUT2D eigenvalue weighted by atomic mass is 16.5. The third-order valence-corrected chi connectivity index (χ3v) is 5.37. The predicted octanol–water partition coefficient (Wildman–Crippen LogP) is 3.99. The molecule has 2 N–H and O–H groups in total. The van der Waals surface area contributed by atoms with Crippen LogP contribution < -0.4 is 20.1 Å². The van der Waals surface area contributed by atoms with Crippen molar-refractivity contribution >= 4 is 17.4 Å². The number of benzene rings is 1. The van der Waals surface area contributed by atoms with Crippen LogP contribution in [0.3, 0.4) is 0 Å². The largest absolute Gasteiger partial charge is 0.496 e. The minimum Gasteiger partial charge on any atom is -0.496 e. The Bertz CT molecular complexity index is 1120. The van der Waals surface area contributed by atoms with Crippen LogP contribution in [0, 0.1) is 6.92 Å². The van der Waals surface area contributed by atoms with E-state index < -0.39 is 0 Å². The number of nitrogens with one attached hydrogen (secondary N) is 2. The fraction of sp³-hybridized carbons (Fsp3) is 0.261. The summed E-state index contributed by atoms with van der Waals surface area (Å²) in [6, 6.07) is 9.61. The van der Waals surface area contributed by atoms with Crippen molar-refractivity contribution in [3.05, 3.63) is 59.4 Å². The van der Waals surface area contributed by atoms with Crippen LogP contribution in [-0.2, 0) is 6.54 Å². The number of pyridine rings is 2. The summed E-state index contributed by atoms with van der Waals surface area (Å²) in [4.78, 5) is 21.1. The second kappa shape index (κ2) is 7.33. The van der Waals surface area contributed by atoms with Crippen molar-refractivity contribution < 1.29 is 14.3 Å². The topological polar surface area (TPSA) is 85.4 Å². The molecular formula is C23H22N4O3. The molecule has 7 nitrogen and oxygen atoms in total. The average Bonchev–Trinajstić information content (AvgIpc) is 3.49. The summed E-state index contributed by atoms with van der Waals surface area (Å²) in [7, 11) is 1.58. The van der Waals surface area contributed by atoms with Crippen molar-refractivity contribution in [3.63, 3.8) is 0 Å². The number of carbonyl (C=O) groups is 1. The summed E-state index contributed by atoms with van der Waals surface area (Å²) in [5.74, 6) is 1.87. The van der Waals surface area contributed by atoms with Crippen LogP contribution in [0.15, 0.2) is 42.7 Å². The Kier molecular flexibility index (Phi) is 4.50. The van der Waals surface area contributed by atoms with E-state index in [4.69, 9.17) is 9.47 Å². The standard InChI is InChI=1S/C23H22N4O3/c1-13-9-20(27-14-3-8-21(25-10-14)30-15-4-5-15)24-11-17(13)16-6-7-19(29-2)22-18(16)12-26-23(22)28/h3,6-11,15H,4-5,12H2,1-2H3,(H,24,27)(H,26,28). The van der Waals surface area contributed by atoms with E-state index in [0.29, 0.717) is 29.8 Å². The van der Waals surface area contributed by atoms with Crippen molar-refractivity contribution in [3.8, 4) is 22.8 Å². The van der Waals surface area contributed by atoms with Crippen LogP contribution in [0.4, 0.5) is 11.5 Å². The minimum absolute atomic E-state index is 0.103. The number of methoxy groups -OCH3 is 1. The Balaban J connectivity index is 1.39. The fourth-order valence-corrected chi connectivity index (χ4v) is 3.67. The molecule has 3 aromatic rings. The molecule has 2 aromatic heterocycles. The Labute approximate surface area is 174 Å². The first-order valence-electron chi connectivity index (χ1n) is 9.97. The van der Waals surface area contributed by atoms with E-state index in [-0.39, 0.29) is 5.91 Å². The minimum atomic E-state index is -0.103. The zero-order chi connectivity index (χ0) is 20.7. The highest BCUT2D eigenvalue weighted by Gasteiger charge is 2.27. The smallest absolute Gasteiger partial charge is 0.255 e. The second-order valence-electron chi connectivity index (χ2n) is 7.56. The van der Waals surface area contributed by atoms with Gasteiger partial charge in [-0.25, -0.2) is 9.97 Å². The molecule has 1 amide bonds. The van der Waals surface area contributed by atoms with Crippen LogP contribution >= 0.6 is 0 Å². The average molecular weight is 402 g/mol. The second-order valence-corrected chi connectivity index (χ2v) is 7.56. The van der Waals surface area contributed by atoms with Gasteiger partial charge in [-0.2, -0.15) is 0 Å². The Morgan fingerprint density at radius 3 is 2.67 bits per heavy atom. The highest BCUT2D eigenvalue weighted by molar-refractivity contribution is 6.03. The van der Waals surface area contributed by atoms with Gasteiger partial charge in [0, 0.05) is 24.4 Å². The molecule has 3 heterocycles. The number of ether oxygens (including phenoxy) is 2. The third kappa shape index (κ3) is 3.43. The van der Waals surface area contributed by atoms with E-state index in [1.807, 2.05) is 43.5 Å². The lowest BCUT2D eigenvalue weighted by Gasteiger charge is -2.14. The molecule has 0 saturated heterocycles. The van der Waals surface area contributed by atoms with Crippen molar-refractivity contribution in [1.82, 2.24) is 15.3 Å². The summed E-state index contributed by atoms with van der Waals surface area (Å²) in [6.07, 6.45) is 6.13. The van der Waals surface area contributed by atoms with Gasteiger partial charge in [0.1, 0.15) is 17.7 Å². The van der Waals surface area contributed by atoms with E-state index in [9.17, 15) is 4.79 Å².